The van der Waals surface area contributed by atoms with Crippen molar-refractivity contribution in [3.63, 3.8) is 0 Å². The van der Waals surface area contributed by atoms with Crippen LogP contribution in [0, 0.1) is 12.7 Å². The van der Waals surface area contributed by atoms with Crippen molar-refractivity contribution in [3.8, 4) is 11.5 Å². The minimum absolute atomic E-state index is 0.136. The summed E-state index contributed by atoms with van der Waals surface area (Å²) in [6, 6.07) is 20.1. The predicted molar refractivity (Wildman–Crippen MR) is 117 cm³/mol. The van der Waals surface area contributed by atoms with E-state index in [9.17, 15) is 14.3 Å². The number of benzene rings is 3. The van der Waals surface area contributed by atoms with E-state index in [1.807, 2.05) is 68.5 Å². The second-order valence-electron chi connectivity index (χ2n) is 7.41. The number of rotatable bonds is 5. The molecule has 1 aliphatic carbocycles. The van der Waals surface area contributed by atoms with Crippen LogP contribution in [0.3, 0.4) is 0 Å². The van der Waals surface area contributed by atoms with E-state index in [-0.39, 0.29) is 12.2 Å². The van der Waals surface area contributed by atoms with Crippen LogP contribution in [0.25, 0.3) is 17.2 Å². The summed E-state index contributed by atoms with van der Waals surface area (Å²) in [5.74, 6) is 0.200. The minimum Gasteiger partial charge on any atom is -0.481 e. The molecule has 3 aromatic carbocycles. The van der Waals surface area contributed by atoms with Crippen molar-refractivity contribution in [2.45, 2.75) is 20.3 Å². The summed E-state index contributed by atoms with van der Waals surface area (Å²) in [6.07, 6.45) is 1.86. The first-order chi connectivity index (χ1) is 14.4. The van der Waals surface area contributed by atoms with E-state index in [1.54, 1.807) is 6.07 Å². The second kappa shape index (κ2) is 7.99. The van der Waals surface area contributed by atoms with E-state index < -0.39 is 5.97 Å². The fraction of sp³-hybridized carbons (Fsp3) is 0.115. The van der Waals surface area contributed by atoms with Gasteiger partial charge in [-0.1, -0.05) is 35.9 Å². The molecule has 30 heavy (non-hydrogen) atoms. The van der Waals surface area contributed by atoms with E-state index in [2.05, 4.69) is 0 Å². The first-order valence-corrected chi connectivity index (χ1v) is 9.69. The summed E-state index contributed by atoms with van der Waals surface area (Å²) in [5, 5.41) is 9.27. The SMILES string of the molecule is CC1=C(CC(=O)O)c2cc(F)ccc2/C1=C\c1ccc(Oc2ccc(C)cc2)cc1. The molecule has 0 saturated carbocycles. The molecule has 0 heterocycles. The summed E-state index contributed by atoms with van der Waals surface area (Å²) < 4.78 is 19.7. The molecule has 3 nitrogen and oxygen atoms in total. The number of carboxylic acids is 1. The first kappa shape index (κ1) is 19.6. The molecule has 0 radical (unpaired) electrons. The first-order valence-electron chi connectivity index (χ1n) is 9.69. The van der Waals surface area contributed by atoms with E-state index in [0.29, 0.717) is 11.1 Å². The number of fused-ring (bicyclic) bond motifs is 1. The van der Waals surface area contributed by atoms with Crippen LogP contribution in [0.2, 0.25) is 0 Å². The quantitative estimate of drug-likeness (QED) is 0.516. The Hall–Kier alpha value is -3.66. The highest BCUT2D eigenvalue weighted by atomic mass is 19.1. The van der Waals surface area contributed by atoms with E-state index in [4.69, 9.17) is 4.74 Å². The Morgan fingerprint density at radius 1 is 0.933 bits per heavy atom. The topological polar surface area (TPSA) is 46.5 Å². The molecule has 1 N–H and O–H groups in total. The van der Waals surface area contributed by atoms with Crippen LogP contribution >= 0.6 is 0 Å². The second-order valence-corrected chi connectivity index (χ2v) is 7.41. The Kier molecular flexibility index (Phi) is 5.23. The third-order valence-corrected chi connectivity index (χ3v) is 5.23. The van der Waals surface area contributed by atoms with Gasteiger partial charge in [-0.05, 0) is 89.7 Å². The third-order valence-electron chi connectivity index (χ3n) is 5.23. The Morgan fingerprint density at radius 3 is 2.20 bits per heavy atom. The van der Waals surface area contributed by atoms with Crippen molar-refractivity contribution >= 4 is 23.2 Å². The molecule has 4 rings (SSSR count). The Balaban J connectivity index is 1.64. The fourth-order valence-corrected chi connectivity index (χ4v) is 3.67. The van der Waals surface area contributed by atoms with Crippen LogP contribution < -0.4 is 4.74 Å². The van der Waals surface area contributed by atoms with Crippen LogP contribution in [0.4, 0.5) is 4.39 Å². The molecular weight excluding hydrogens is 379 g/mol. The van der Waals surface area contributed by atoms with Crippen LogP contribution in [0.1, 0.15) is 35.6 Å². The molecule has 0 aromatic heterocycles. The van der Waals surface area contributed by atoms with Crippen LogP contribution in [0.5, 0.6) is 11.5 Å². The van der Waals surface area contributed by atoms with E-state index in [0.717, 1.165) is 33.8 Å². The Morgan fingerprint density at radius 2 is 1.57 bits per heavy atom. The molecule has 4 heteroatoms. The number of hydrogen-bond donors (Lipinski definition) is 1. The molecule has 0 bridgehead atoms. The van der Waals surface area contributed by atoms with Gasteiger partial charge >= 0.3 is 5.97 Å². The van der Waals surface area contributed by atoms with Gasteiger partial charge in [0.2, 0.25) is 0 Å². The normalized spacial score (nSPS) is 14.2. The van der Waals surface area contributed by atoms with Gasteiger partial charge in [-0.2, -0.15) is 0 Å². The van der Waals surface area contributed by atoms with Crippen molar-refractivity contribution in [2.75, 3.05) is 0 Å². The lowest BCUT2D eigenvalue weighted by Gasteiger charge is -2.07. The maximum Gasteiger partial charge on any atom is 0.307 e. The average Bonchev–Trinajstić information content (AvgIpc) is 2.96. The predicted octanol–water partition coefficient (Wildman–Crippen LogP) is 6.73. The lowest BCUT2D eigenvalue weighted by molar-refractivity contribution is -0.135. The molecule has 1 aliphatic rings. The zero-order chi connectivity index (χ0) is 21.3. The molecule has 0 amide bonds. The maximum absolute atomic E-state index is 13.8. The molecule has 0 fully saturated rings. The number of aliphatic carboxylic acids is 1. The Bertz CT molecular complexity index is 1170. The minimum atomic E-state index is -0.932. The summed E-state index contributed by atoms with van der Waals surface area (Å²) in [6.45, 7) is 3.91. The number of aryl methyl sites for hydroxylation is 1. The number of ether oxygens (including phenoxy) is 1. The van der Waals surface area contributed by atoms with Gasteiger partial charge in [0.1, 0.15) is 17.3 Å². The number of carbonyl (C=O) groups is 1. The fourth-order valence-electron chi connectivity index (χ4n) is 3.67. The molecule has 0 unspecified atom stereocenters. The smallest absolute Gasteiger partial charge is 0.307 e. The molecule has 0 saturated heterocycles. The summed E-state index contributed by atoms with van der Waals surface area (Å²) in [5.41, 5.74) is 6.05. The molecule has 3 aromatic rings. The zero-order valence-corrected chi connectivity index (χ0v) is 16.8. The van der Waals surface area contributed by atoms with Gasteiger partial charge in [-0.3, -0.25) is 4.79 Å². The summed E-state index contributed by atoms with van der Waals surface area (Å²) in [7, 11) is 0. The summed E-state index contributed by atoms with van der Waals surface area (Å²) >= 11 is 0. The van der Waals surface area contributed by atoms with Crippen LogP contribution in [0.15, 0.2) is 72.3 Å². The molecule has 0 spiro atoms. The van der Waals surface area contributed by atoms with Gasteiger partial charge in [0.15, 0.2) is 0 Å². The summed E-state index contributed by atoms with van der Waals surface area (Å²) in [4.78, 5) is 11.3. The van der Waals surface area contributed by atoms with Gasteiger partial charge in [-0.25, -0.2) is 4.39 Å². The highest BCUT2D eigenvalue weighted by Crippen LogP contribution is 2.43. The molecule has 0 aliphatic heterocycles. The zero-order valence-electron chi connectivity index (χ0n) is 16.8. The Labute approximate surface area is 174 Å². The highest BCUT2D eigenvalue weighted by Gasteiger charge is 2.25. The highest BCUT2D eigenvalue weighted by molar-refractivity contribution is 6.07. The monoisotopic (exact) mass is 400 g/mol. The lowest BCUT2D eigenvalue weighted by Crippen LogP contribution is -1.97. The van der Waals surface area contributed by atoms with Gasteiger partial charge in [-0.15, -0.1) is 0 Å². The van der Waals surface area contributed by atoms with Crippen molar-refractivity contribution in [1.29, 1.82) is 0 Å². The average molecular weight is 400 g/mol. The third kappa shape index (κ3) is 4.03. The van der Waals surface area contributed by atoms with Crippen molar-refractivity contribution in [1.82, 2.24) is 0 Å². The van der Waals surface area contributed by atoms with E-state index in [1.165, 1.54) is 17.7 Å². The van der Waals surface area contributed by atoms with Crippen LogP contribution in [-0.4, -0.2) is 11.1 Å². The lowest BCUT2D eigenvalue weighted by atomic mass is 10.0. The van der Waals surface area contributed by atoms with Crippen molar-refractivity contribution < 1.29 is 19.0 Å². The van der Waals surface area contributed by atoms with Gasteiger partial charge in [0.05, 0.1) is 6.42 Å². The molecule has 150 valence electrons. The van der Waals surface area contributed by atoms with Crippen molar-refractivity contribution in [2.24, 2.45) is 0 Å². The van der Waals surface area contributed by atoms with Crippen LogP contribution in [-0.2, 0) is 4.79 Å². The largest absolute Gasteiger partial charge is 0.481 e. The molecule has 0 atom stereocenters. The van der Waals surface area contributed by atoms with Gasteiger partial charge < -0.3 is 9.84 Å². The molecular formula is C26H21FO3. The number of allylic oxidation sites excluding steroid dienone is 2. The van der Waals surface area contributed by atoms with Crippen molar-refractivity contribution in [3.05, 3.63) is 100 Å². The standard InChI is InChI=1S/C26H21FO3/c1-16-3-8-20(9-4-16)30-21-10-5-18(6-11-21)13-23-17(2)24(15-26(28)29)25-14-19(27)7-12-22(23)25/h3-14H,15H2,1-2H3,(H,28,29)/b23-13-. The van der Waals surface area contributed by atoms with Gasteiger partial charge in [0.25, 0.3) is 0 Å². The number of halogens is 1. The van der Waals surface area contributed by atoms with E-state index >= 15 is 0 Å². The number of carboxylic acid groups (broad SMARTS) is 1. The maximum atomic E-state index is 13.8. The van der Waals surface area contributed by atoms with Gasteiger partial charge in [0, 0.05) is 0 Å². The number of hydrogen-bond acceptors (Lipinski definition) is 2.